The van der Waals surface area contributed by atoms with Gasteiger partial charge in [0.05, 0.1) is 11.5 Å². The minimum absolute atomic E-state index is 0.0351. The lowest BCUT2D eigenvalue weighted by Gasteiger charge is -2.24. The summed E-state index contributed by atoms with van der Waals surface area (Å²) in [7, 11) is 3.40. The highest BCUT2D eigenvalue weighted by Gasteiger charge is 2.34. The van der Waals surface area contributed by atoms with E-state index in [1.807, 2.05) is 13.1 Å². The van der Waals surface area contributed by atoms with Crippen molar-refractivity contribution in [1.29, 1.82) is 0 Å². The molecule has 1 aromatic heterocycles. The Morgan fingerprint density at radius 1 is 1.50 bits per heavy atom. The summed E-state index contributed by atoms with van der Waals surface area (Å²) in [6.07, 6.45) is 2.37. The van der Waals surface area contributed by atoms with Crippen LogP contribution in [0.4, 0.5) is 4.39 Å². The summed E-state index contributed by atoms with van der Waals surface area (Å²) in [6.45, 7) is 2.33. The van der Waals surface area contributed by atoms with Crippen molar-refractivity contribution in [3.63, 3.8) is 0 Å². The number of amides is 1. The summed E-state index contributed by atoms with van der Waals surface area (Å²) in [6, 6.07) is 5.18. The van der Waals surface area contributed by atoms with E-state index in [-0.39, 0.29) is 24.4 Å². The summed E-state index contributed by atoms with van der Waals surface area (Å²) < 4.78 is 20.2. The van der Waals surface area contributed by atoms with Crippen LogP contribution < -0.4 is 0 Å². The van der Waals surface area contributed by atoms with Crippen molar-refractivity contribution in [3.05, 3.63) is 34.5 Å². The number of methoxy groups -OCH3 is 1. The molecule has 1 aliphatic carbocycles. The number of carbonyl (C=O) groups excluding carboxylic acids is 1. The number of thiophene rings is 1. The predicted molar refractivity (Wildman–Crippen MR) is 86.8 cm³/mol. The highest BCUT2D eigenvalue weighted by molar-refractivity contribution is 7.21. The Balaban J connectivity index is 2.03. The lowest BCUT2D eigenvalue weighted by molar-refractivity contribution is 0.0728. The van der Waals surface area contributed by atoms with E-state index in [0.717, 1.165) is 4.70 Å². The van der Waals surface area contributed by atoms with Gasteiger partial charge in [0.15, 0.2) is 0 Å². The number of hydrogen-bond acceptors (Lipinski definition) is 3. The van der Waals surface area contributed by atoms with Crippen LogP contribution in [0.25, 0.3) is 10.1 Å². The van der Waals surface area contributed by atoms with Crippen molar-refractivity contribution in [3.8, 4) is 0 Å². The van der Waals surface area contributed by atoms with Crippen LogP contribution in [0.5, 0.6) is 0 Å². The van der Waals surface area contributed by atoms with Gasteiger partial charge in [0.1, 0.15) is 5.82 Å². The van der Waals surface area contributed by atoms with Gasteiger partial charge in [-0.15, -0.1) is 11.3 Å². The van der Waals surface area contributed by atoms with E-state index in [4.69, 9.17) is 4.74 Å². The van der Waals surface area contributed by atoms with Gasteiger partial charge >= 0.3 is 0 Å². The molecule has 1 atom stereocenters. The number of fused-ring (bicyclic) bond motifs is 1. The number of rotatable bonds is 5. The van der Waals surface area contributed by atoms with Crippen LogP contribution in [0, 0.1) is 11.7 Å². The molecule has 0 bridgehead atoms. The molecule has 0 spiro atoms. The van der Waals surface area contributed by atoms with E-state index in [1.54, 1.807) is 18.1 Å². The molecule has 2 aromatic rings. The Bertz CT molecular complexity index is 708. The summed E-state index contributed by atoms with van der Waals surface area (Å²) in [5, 5.41) is 0.519. The van der Waals surface area contributed by atoms with Crippen molar-refractivity contribution in [2.45, 2.75) is 32.4 Å². The standard InChI is InChI=1S/C17H20FNO2S/c1-10(11-7-8-11)19(2)17(20)16-12(9-21-3)15-13(18)5-4-6-14(15)22-16/h4-6,10-11H,7-9H2,1-3H3. The molecule has 0 aliphatic heterocycles. The summed E-state index contributed by atoms with van der Waals surface area (Å²) in [5.74, 6) is 0.274. The third kappa shape index (κ3) is 2.63. The van der Waals surface area contributed by atoms with E-state index in [9.17, 15) is 9.18 Å². The molecule has 1 amide bonds. The highest BCUT2D eigenvalue weighted by Crippen LogP contribution is 2.38. The minimum Gasteiger partial charge on any atom is -0.380 e. The third-order valence-corrected chi connectivity index (χ3v) is 5.67. The summed E-state index contributed by atoms with van der Waals surface area (Å²) in [4.78, 5) is 15.2. The minimum atomic E-state index is -0.294. The maximum atomic E-state index is 14.2. The molecule has 3 nitrogen and oxygen atoms in total. The maximum absolute atomic E-state index is 14.2. The quantitative estimate of drug-likeness (QED) is 0.831. The van der Waals surface area contributed by atoms with Gasteiger partial charge in [0.25, 0.3) is 5.91 Å². The summed E-state index contributed by atoms with van der Waals surface area (Å²) in [5.41, 5.74) is 0.667. The number of nitrogens with zero attached hydrogens (tertiary/aromatic N) is 1. The lowest BCUT2D eigenvalue weighted by Crippen LogP contribution is -2.36. The number of ether oxygens (including phenoxy) is 1. The summed E-state index contributed by atoms with van der Waals surface area (Å²) >= 11 is 1.35. The van der Waals surface area contributed by atoms with Gasteiger partial charge in [0, 0.05) is 35.8 Å². The average Bonchev–Trinajstić information content (AvgIpc) is 3.28. The van der Waals surface area contributed by atoms with Crippen molar-refractivity contribution in [2.24, 2.45) is 5.92 Å². The van der Waals surface area contributed by atoms with E-state index in [2.05, 4.69) is 6.92 Å². The van der Waals surface area contributed by atoms with Crippen molar-refractivity contribution in [2.75, 3.05) is 14.2 Å². The first-order chi connectivity index (χ1) is 10.5. The molecule has 1 aliphatic rings. The normalized spacial score (nSPS) is 16.0. The first-order valence-electron chi connectivity index (χ1n) is 7.50. The Labute approximate surface area is 133 Å². The molecule has 5 heteroatoms. The molecule has 1 unspecified atom stereocenters. The molecule has 118 valence electrons. The Kier molecular flexibility index (Phi) is 4.19. The topological polar surface area (TPSA) is 29.5 Å². The monoisotopic (exact) mass is 321 g/mol. The molecule has 1 aromatic carbocycles. The van der Waals surface area contributed by atoms with E-state index < -0.39 is 0 Å². The van der Waals surface area contributed by atoms with Crippen LogP contribution in [0.3, 0.4) is 0 Å². The first kappa shape index (κ1) is 15.4. The predicted octanol–water partition coefficient (Wildman–Crippen LogP) is 4.06. The van der Waals surface area contributed by atoms with Crippen molar-refractivity contribution < 1.29 is 13.9 Å². The molecule has 1 fully saturated rings. The van der Waals surface area contributed by atoms with E-state index in [1.165, 1.54) is 30.2 Å². The molecule has 22 heavy (non-hydrogen) atoms. The smallest absolute Gasteiger partial charge is 0.264 e. The molecular weight excluding hydrogens is 301 g/mol. The fraction of sp³-hybridized carbons (Fsp3) is 0.471. The maximum Gasteiger partial charge on any atom is 0.264 e. The van der Waals surface area contributed by atoms with Gasteiger partial charge in [-0.05, 0) is 37.8 Å². The van der Waals surface area contributed by atoms with E-state index in [0.29, 0.717) is 21.7 Å². The molecule has 1 saturated carbocycles. The molecule has 0 saturated heterocycles. The second kappa shape index (κ2) is 5.97. The highest BCUT2D eigenvalue weighted by atomic mass is 32.1. The molecule has 0 N–H and O–H groups in total. The molecular formula is C17H20FNO2S. The zero-order valence-electron chi connectivity index (χ0n) is 13.1. The van der Waals surface area contributed by atoms with Crippen molar-refractivity contribution in [1.82, 2.24) is 4.90 Å². The van der Waals surface area contributed by atoms with Gasteiger partial charge in [-0.3, -0.25) is 4.79 Å². The Hall–Kier alpha value is -1.46. The fourth-order valence-corrected chi connectivity index (χ4v) is 4.07. The lowest BCUT2D eigenvalue weighted by atomic mass is 10.1. The molecule has 1 heterocycles. The zero-order chi connectivity index (χ0) is 15.9. The average molecular weight is 321 g/mol. The number of halogens is 1. The van der Waals surface area contributed by atoms with Gasteiger partial charge in [-0.1, -0.05) is 6.07 Å². The second-order valence-electron chi connectivity index (χ2n) is 5.95. The largest absolute Gasteiger partial charge is 0.380 e. The SMILES string of the molecule is COCc1c(C(=O)N(C)C(C)C2CC2)sc2cccc(F)c12. The Morgan fingerprint density at radius 2 is 2.23 bits per heavy atom. The van der Waals surface area contributed by atoms with Gasteiger partial charge in [0.2, 0.25) is 0 Å². The van der Waals surface area contributed by atoms with Gasteiger partial charge < -0.3 is 9.64 Å². The van der Waals surface area contributed by atoms with Crippen LogP contribution in [-0.2, 0) is 11.3 Å². The van der Waals surface area contributed by atoms with Crippen LogP contribution in [0.15, 0.2) is 18.2 Å². The fourth-order valence-electron chi connectivity index (χ4n) is 2.86. The molecule has 0 radical (unpaired) electrons. The third-order valence-electron chi connectivity index (χ3n) is 4.48. The second-order valence-corrected chi connectivity index (χ2v) is 7.00. The van der Waals surface area contributed by atoms with Crippen LogP contribution in [0.2, 0.25) is 0 Å². The Morgan fingerprint density at radius 3 is 2.86 bits per heavy atom. The van der Waals surface area contributed by atoms with Crippen molar-refractivity contribution >= 4 is 27.3 Å². The van der Waals surface area contributed by atoms with Gasteiger partial charge in [-0.25, -0.2) is 4.39 Å². The number of carbonyl (C=O) groups is 1. The molecule has 3 rings (SSSR count). The van der Waals surface area contributed by atoms with Crippen LogP contribution in [-0.4, -0.2) is 31.0 Å². The van der Waals surface area contributed by atoms with Gasteiger partial charge in [-0.2, -0.15) is 0 Å². The number of benzene rings is 1. The first-order valence-corrected chi connectivity index (χ1v) is 8.32. The van der Waals surface area contributed by atoms with Crippen LogP contribution >= 0.6 is 11.3 Å². The zero-order valence-corrected chi connectivity index (χ0v) is 13.9. The number of hydrogen-bond donors (Lipinski definition) is 0. The van der Waals surface area contributed by atoms with E-state index >= 15 is 0 Å². The van der Waals surface area contributed by atoms with Crippen LogP contribution in [0.1, 0.15) is 35.0 Å².